The molecule has 3 rings (SSSR count). The molecular weight excluding hydrogens is 320 g/mol. The number of aromatic carboxylic acids is 1. The van der Waals surface area contributed by atoms with Crippen LogP contribution in [0, 0.1) is 0 Å². The summed E-state index contributed by atoms with van der Waals surface area (Å²) in [6.45, 7) is 0. The molecule has 5 heteroatoms. The SMILES string of the molecule is O=C1C=CC(=C(c2ccc(O)cc2)c2ccc(O)c(C(=O)O)c2)C=C1. The van der Waals surface area contributed by atoms with E-state index in [9.17, 15) is 24.9 Å². The van der Waals surface area contributed by atoms with Crippen molar-refractivity contribution in [3.05, 3.63) is 89.0 Å². The fourth-order valence-corrected chi connectivity index (χ4v) is 2.61. The van der Waals surface area contributed by atoms with Crippen molar-refractivity contribution in [2.45, 2.75) is 0 Å². The molecule has 0 spiro atoms. The van der Waals surface area contributed by atoms with Crippen LogP contribution >= 0.6 is 0 Å². The molecule has 0 fully saturated rings. The van der Waals surface area contributed by atoms with E-state index < -0.39 is 5.97 Å². The first-order chi connectivity index (χ1) is 12.0. The van der Waals surface area contributed by atoms with Crippen LogP contribution in [0.5, 0.6) is 11.5 Å². The number of phenolic OH excluding ortho intramolecular Hbond substituents is 1. The maximum atomic E-state index is 11.4. The third kappa shape index (κ3) is 3.35. The smallest absolute Gasteiger partial charge is 0.339 e. The number of rotatable bonds is 3. The first-order valence-corrected chi connectivity index (χ1v) is 7.46. The van der Waals surface area contributed by atoms with Crippen LogP contribution in [0.3, 0.4) is 0 Å². The van der Waals surface area contributed by atoms with Gasteiger partial charge in [0.2, 0.25) is 0 Å². The second-order valence-corrected chi connectivity index (χ2v) is 5.48. The Labute approximate surface area is 143 Å². The molecule has 5 nitrogen and oxygen atoms in total. The monoisotopic (exact) mass is 334 g/mol. The molecule has 0 amide bonds. The Balaban J connectivity index is 2.24. The van der Waals surface area contributed by atoms with Gasteiger partial charge in [0.1, 0.15) is 17.1 Å². The molecule has 124 valence electrons. The van der Waals surface area contributed by atoms with Gasteiger partial charge in [0.05, 0.1) is 0 Å². The van der Waals surface area contributed by atoms with Crippen molar-refractivity contribution < 1.29 is 24.9 Å². The Kier molecular flexibility index (Phi) is 4.22. The number of hydrogen-bond donors (Lipinski definition) is 3. The largest absolute Gasteiger partial charge is 0.508 e. The average molecular weight is 334 g/mol. The number of benzene rings is 2. The lowest BCUT2D eigenvalue weighted by Crippen LogP contribution is -2.01. The fraction of sp³-hybridized carbons (Fsp3) is 0. The summed E-state index contributed by atoms with van der Waals surface area (Å²) >= 11 is 0. The maximum Gasteiger partial charge on any atom is 0.339 e. The zero-order valence-electron chi connectivity index (χ0n) is 13.0. The summed E-state index contributed by atoms with van der Waals surface area (Å²) in [6, 6.07) is 10.7. The lowest BCUT2D eigenvalue weighted by atomic mass is 9.90. The third-order valence-corrected chi connectivity index (χ3v) is 3.81. The fourth-order valence-electron chi connectivity index (χ4n) is 2.61. The number of aromatic hydroxyl groups is 2. The van der Waals surface area contributed by atoms with Gasteiger partial charge in [0.15, 0.2) is 5.78 Å². The molecule has 25 heavy (non-hydrogen) atoms. The van der Waals surface area contributed by atoms with E-state index in [4.69, 9.17) is 0 Å². The number of phenols is 2. The van der Waals surface area contributed by atoms with E-state index in [-0.39, 0.29) is 22.8 Å². The first kappa shape index (κ1) is 16.3. The Hall–Kier alpha value is -3.60. The van der Waals surface area contributed by atoms with Crippen LogP contribution in [0.25, 0.3) is 5.57 Å². The molecule has 0 aromatic heterocycles. The van der Waals surface area contributed by atoms with Gasteiger partial charge in [0, 0.05) is 0 Å². The highest BCUT2D eigenvalue weighted by molar-refractivity contribution is 6.03. The minimum atomic E-state index is -1.24. The molecule has 1 aliphatic rings. The molecule has 0 unspecified atom stereocenters. The first-order valence-electron chi connectivity index (χ1n) is 7.46. The molecular formula is C20H14O5. The predicted molar refractivity (Wildman–Crippen MR) is 92.5 cm³/mol. The van der Waals surface area contributed by atoms with Gasteiger partial charge < -0.3 is 15.3 Å². The highest BCUT2D eigenvalue weighted by Crippen LogP contribution is 2.32. The van der Waals surface area contributed by atoms with Gasteiger partial charge in [-0.2, -0.15) is 0 Å². The van der Waals surface area contributed by atoms with E-state index in [2.05, 4.69) is 0 Å². The minimum absolute atomic E-state index is 0.106. The summed E-state index contributed by atoms with van der Waals surface area (Å²) in [6.07, 6.45) is 6.15. The summed E-state index contributed by atoms with van der Waals surface area (Å²) in [5.74, 6) is -1.59. The van der Waals surface area contributed by atoms with Crippen LogP contribution in [-0.2, 0) is 4.79 Å². The van der Waals surface area contributed by atoms with E-state index in [1.54, 1.807) is 30.4 Å². The quantitative estimate of drug-likeness (QED) is 0.800. The van der Waals surface area contributed by atoms with Gasteiger partial charge in [-0.3, -0.25) is 4.79 Å². The Morgan fingerprint density at radius 3 is 2.00 bits per heavy atom. The van der Waals surface area contributed by atoms with Crippen molar-refractivity contribution in [2.75, 3.05) is 0 Å². The zero-order valence-corrected chi connectivity index (χ0v) is 13.0. The molecule has 3 N–H and O–H groups in total. The van der Waals surface area contributed by atoms with Gasteiger partial charge in [0.25, 0.3) is 0 Å². The van der Waals surface area contributed by atoms with Crippen molar-refractivity contribution >= 4 is 17.3 Å². The van der Waals surface area contributed by atoms with Crippen molar-refractivity contribution in [2.24, 2.45) is 0 Å². The number of carboxylic acids is 1. The Bertz CT molecular complexity index is 929. The minimum Gasteiger partial charge on any atom is -0.508 e. The summed E-state index contributed by atoms with van der Waals surface area (Å²) in [5, 5.41) is 28.5. The molecule has 0 saturated carbocycles. The molecule has 2 aromatic carbocycles. The number of carboxylic acid groups (broad SMARTS) is 1. The number of hydrogen-bond acceptors (Lipinski definition) is 4. The van der Waals surface area contributed by atoms with E-state index in [1.165, 1.54) is 36.4 Å². The summed E-state index contributed by atoms with van der Waals surface area (Å²) in [5.41, 5.74) is 2.49. The number of carbonyl (C=O) groups is 2. The van der Waals surface area contributed by atoms with Gasteiger partial charge in [-0.25, -0.2) is 4.79 Å². The van der Waals surface area contributed by atoms with Crippen molar-refractivity contribution in [1.29, 1.82) is 0 Å². The van der Waals surface area contributed by atoms with Crippen molar-refractivity contribution in [1.82, 2.24) is 0 Å². The Morgan fingerprint density at radius 1 is 0.800 bits per heavy atom. The van der Waals surface area contributed by atoms with Gasteiger partial charge in [-0.05, 0) is 58.7 Å². The second-order valence-electron chi connectivity index (χ2n) is 5.48. The number of allylic oxidation sites excluding steroid dienone is 5. The molecule has 0 aliphatic heterocycles. The summed E-state index contributed by atoms with van der Waals surface area (Å²) in [7, 11) is 0. The van der Waals surface area contributed by atoms with E-state index in [0.717, 1.165) is 5.56 Å². The van der Waals surface area contributed by atoms with Crippen molar-refractivity contribution in [3.8, 4) is 11.5 Å². The summed E-state index contributed by atoms with van der Waals surface area (Å²) in [4.78, 5) is 22.7. The number of carbonyl (C=O) groups excluding carboxylic acids is 1. The molecule has 0 heterocycles. The Morgan fingerprint density at radius 2 is 1.40 bits per heavy atom. The molecule has 0 atom stereocenters. The molecule has 0 bridgehead atoms. The highest BCUT2D eigenvalue weighted by Gasteiger charge is 2.16. The van der Waals surface area contributed by atoms with Crippen LogP contribution in [-0.4, -0.2) is 27.1 Å². The van der Waals surface area contributed by atoms with E-state index in [1.807, 2.05) is 0 Å². The topological polar surface area (TPSA) is 94.8 Å². The van der Waals surface area contributed by atoms with Crippen LogP contribution in [0.1, 0.15) is 21.5 Å². The second kappa shape index (κ2) is 6.49. The lowest BCUT2D eigenvalue weighted by Gasteiger charge is -2.14. The average Bonchev–Trinajstić information content (AvgIpc) is 2.59. The molecule has 1 aliphatic carbocycles. The third-order valence-electron chi connectivity index (χ3n) is 3.81. The van der Waals surface area contributed by atoms with Gasteiger partial charge in [-0.15, -0.1) is 0 Å². The zero-order chi connectivity index (χ0) is 18.0. The maximum absolute atomic E-state index is 11.4. The van der Waals surface area contributed by atoms with Crippen LogP contribution in [0.15, 0.2) is 72.3 Å². The van der Waals surface area contributed by atoms with Crippen LogP contribution in [0.2, 0.25) is 0 Å². The van der Waals surface area contributed by atoms with E-state index in [0.29, 0.717) is 16.7 Å². The standard InChI is InChI=1S/C20H14O5/c21-15-6-1-12(2-7-15)19(13-3-8-16(22)9-4-13)14-5-10-18(23)17(11-14)20(24)25/h1-11,21,23H,(H,24,25). The van der Waals surface area contributed by atoms with E-state index >= 15 is 0 Å². The lowest BCUT2D eigenvalue weighted by molar-refractivity contribution is -0.110. The number of ketones is 1. The van der Waals surface area contributed by atoms with Crippen LogP contribution in [0.4, 0.5) is 0 Å². The normalized spacial score (nSPS) is 13.1. The summed E-state index contributed by atoms with van der Waals surface area (Å²) < 4.78 is 0. The van der Waals surface area contributed by atoms with Gasteiger partial charge in [-0.1, -0.05) is 30.4 Å². The predicted octanol–water partition coefficient (Wildman–Crippen LogP) is 3.29. The molecule has 2 aromatic rings. The van der Waals surface area contributed by atoms with Crippen LogP contribution < -0.4 is 0 Å². The highest BCUT2D eigenvalue weighted by atomic mass is 16.4. The molecule has 0 radical (unpaired) electrons. The van der Waals surface area contributed by atoms with Gasteiger partial charge >= 0.3 is 5.97 Å². The van der Waals surface area contributed by atoms with Crippen molar-refractivity contribution in [3.63, 3.8) is 0 Å². The molecule has 0 saturated heterocycles.